The lowest BCUT2D eigenvalue weighted by atomic mass is 10.1. The zero-order valence-electron chi connectivity index (χ0n) is 11.7. The van der Waals surface area contributed by atoms with Gasteiger partial charge in [-0.05, 0) is 18.1 Å². The Bertz CT molecular complexity index is 589. The van der Waals surface area contributed by atoms with Crippen molar-refractivity contribution in [2.45, 2.75) is 19.4 Å². The van der Waals surface area contributed by atoms with Crippen LogP contribution in [0.5, 0.6) is 5.75 Å². The first-order chi connectivity index (χ1) is 10.2. The van der Waals surface area contributed by atoms with E-state index in [1.54, 1.807) is 0 Å². The molecule has 2 unspecified atom stereocenters. The summed E-state index contributed by atoms with van der Waals surface area (Å²) in [5.74, 6) is 0.770. The van der Waals surface area contributed by atoms with E-state index in [4.69, 9.17) is 19.6 Å². The van der Waals surface area contributed by atoms with E-state index >= 15 is 0 Å². The lowest BCUT2D eigenvalue weighted by Crippen LogP contribution is -2.20. The van der Waals surface area contributed by atoms with Crippen molar-refractivity contribution >= 4 is 21.0 Å². The van der Waals surface area contributed by atoms with Crippen LogP contribution in [0.3, 0.4) is 0 Å². The van der Waals surface area contributed by atoms with E-state index in [9.17, 15) is 4.21 Å². The number of hydrogen-bond donors (Lipinski definition) is 0. The molecule has 0 aromatic heterocycles. The molecular weight excluding hydrogens is 308 g/mol. The Labute approximate surface area is 132 Å². The van der Waals surface area contributed by atoms with Gasteiger partial charge in [-0.25, -0.2) is 4.21 Å². The molecule has 2 atom stereocenters. The average molecular weight is 325 g/mol. The third kappa shape index (κ3) is 4.84. The van der Waals surface area contributed by atoms with Crippen molar-refractivity contribution < 1.29 is 13.1 Å². The van der Waals surface area contributed by atoms with Crippen LogP contribution in [0.2, 0.25) is 0 Å². The van der Waals surface area contributed by atoms with Gasteiger partial charge in [0.05, 0.1) is 0 Å². The Balaban J connectivity index is 2.12. The predicted octanol–water partition coefficient (Wildman–Crippen LogP) is 4.35. The normalized spacial score (nSPS) is 13.6. The molecule has 0 saturated carbocycles. The Morgan fingerprint density at radius 1 is 1.10 bits per heavy atom. The van der Waals surface area contributed by atoms with Crippen LogP contribution in [0.4, 0.5) is 0 Å². The molecule has 0 N–H and O–H groups in total. The topological polar surface area (TPSA) is 35.5 Å². The lowest BCUT2D eigenvalue weighted by Gasteiger charge is -2.16. The Morgan fingerprint density at radius 2 is 1.76 bits per heavy atom. The highest BCUT2D eigenvalue weighted by Crippen LogP contribution is 2.29. The quantitative estimate of drug-likeness (QED) is 0.710. The zero-order valence-corrected chi connectivity index (χ0v) is 13.3. The Hall–Kier alpha value is -1.36. The van der Waals surface area contributed by atoms with Crippen LogP contribution in [-0.4, -0.2) is 16.9 Å². The molecule has 3 nitrogen and oxygen atoms in total. The van der Waals surface area contributed by atoms with Gasteiger partial charge in [0.2, 0.25) is 0 Å². The number of ether oxygens (including phenoxy) is 1. The highest BCUT2D eigenvalue weighted by atomic mass is 35.7. The van der Waals surface area contributed by atoms with Gasteiger partial charge in [-0.3, -0.25) is 4.18 Å². The molecule has 0 saturated heterocycles. The second-order valence-electron chi connectivity index (χ2n) is 4.49. The molecule has 0 aliphatic rings. The fourth-order valence-corrected chi connectivity index (χ4v) is 2.67. The van der Waals surface area contributed by atoms with E-state index in [0.29, 0.717) is 13.0 Å². The molecule has 5 heteroatoms. The molecule has 0 amide bonds. The number of rotatable bonds is 7. The molecule has 21 heavy (non-hydrogen) atoms. The smallest absolute Gasteiger partial charge is 0.256 e. The van der Waals surface area contributed by atoms with Crippen molar-refractivity contribution in [1.82, 2.24) is 0 Å². The first kappa shape index (κ1) is 16.0. The highest BCUT2D eigenvalue weighted by molar-refractivity contribution is 8.04. The van der Waals surface area contributed by atoms with Crippen molar-refractivity contribution in [3.05, 3.63) is 54.6 Å². The monoisotopic (exact) mass is 324 g/mol. The fraction of sp³-hybridized carbons (Fsp3) is 0.250. The summed E-state index contributed by atoms with van der Waals surface area (Å²) in [6.07, 6.45) is 0.374. The van der Waals surface area contributed by atoms with Gasteiger partial charge in [0, 0.05) is 16.2 Å². The summed E-state index contributed by atoms with van der Waals surface area (Å²) >= 11 is 0. The van der Waals surface area contributed by atoms with Gasteiger partial charge < -0.3 is 4.74 Å². The van der Waals surface area contributed by atoms with E-state index in [-0.39, 0.29) is 6.10 Å². The Kier molecular flexibility index (Phi) is 6.23. The van der Waals surface area contributed by atoms with Crippen LogP contribution in [0.25, 0.3) is 11.1 Å². The van der Waals surface area contributed by atoms with Crippen LogP contribution < -0.4 is 4.74 Å². The summed E-state index contributed by atoms with van der Waals surface area (Å²) in [6, 6.07) is 17.8. The van der Waals surface area contributed by atoms with Crippen molar-refractivity contribution in [2.24, 2.45) is 0 Å². The van der Waals surface area contributed by atoms with Gasteiger partial charge in [0.1, 0.15) is 18.5 Å². The molecule has 0 aliphatic carbocycles. The molecule has 2 aromatic carbocycles. The first-order valence-electron chi connectivity index (χ1n) is 6.73. The van der Waals surface area contributed by atoms with E-state index in [2.05, 4.69) is 0 Å². The molecule has 0 aliphatic heterocycles. The van der Waals surface area contributed by atoms with Crippen LogP contribution in [-0.2, 0) is 14.5 Å². The molecule has 0 fully saturated rings. The van der Waals surface area contributed by atoms with Crippen molar-refractivity contribution in [1.29, 1.82) is 0 Å². The summed E-state index contributed by atoms with van der Waals surface area (Å²) in [5, 5.41) is 0. The average Bonchev–Trinajstić information content (AvgIpc) is 2.52. The standard InChI is InChI=1S/C16H17ClO3S/c1-2-14(20-21(17)18)12-19-16-11-7-6-10-15(16)13-8-4-3-5-9-13/h3-11,14H,2,12H2,1H3. The van der Waals surface area contributed by atoms with Crippen molar-refractivity contribution in [3.63, 3.8) is 0 Å². The summed E-state index contributed by atoms with van der Waals surface area (Å²) in [6.45, 7) is 2.24. The summed E-state index contributed by atoms with van der Waals surface area (Å²) < 4.78 is 21.8. The fourth-order valence-electron chi connectivity index (χ4n) is 1.95. The van der Waals surface area contributed by atoms with Crippen LogP contribution >= 0.6 is 10.7 Å². The minimum absolute atomic E-state index is 0.299. The zero-order chi connectivity index (χ0) is 15.1. The maximum absolute atomic E-state index is 10.9. The van der Waals surface area contributed by atoms with Crippen molar-refractivity contribution in [3.8, 4) is 16.9 Å². The van der Waals surface area contributed by atoms with Gasteiger partial charge >= 0.3 is 0 Å². The van der Waals surface area contributed by atoms with E-state index in [1.165, 1.54) is 0 Å². The molecule has 0 radical (unpaired) electrons. The van der Waals surface area contributed by atoms with Gasteiger partial charge in [0.15, 0.2) is 0 Å². The third-order valence-corrected chi connectivity index (χ3v) is 3.71. The summed E-state index contributed by atoms with van der Waals surface area (Å²) in [5.41, 5.74) is 2.10. The molecule has 112 valence electrons. The summed E-state index contributed by atoms with van der Waals surface area (Å²) in [4.78, 5) is 0. The number of hydrogen-bond acceptors (Lipinski definition) is 3. The van der Waals surface area contributed by atoms with Gasteiger partial charge in [0.25, 0.3) is 10.3 Å². The molecule has 2 rings (SSSR count). The van der Waals surface area contributed by atoms with Crippen LogP contribution in [0, 0.1) is 0 Å². The van der Waals surface area contributed by atoms with Crippen LogP contribution in [0.1, 0.15) is 13.3 Å². The number of halogens is 1. The van der Waals surface area contributed by atoms with Gasteiger partial charge in [-0.2, -0.15) is 0 Å². The number of benzene rings is 2. The highest BCUT2D eigenvalue weighted by Gasteiger charge is 2.13. The third-order valence-electron chi connectivity index (χ3n) is 3.06. The Morgan fingerprint density at radius 3 is 2.43 bits per heavy atom. The van der Waals surface area contributed by atoms with E-state index in [1.807, 2.05) is 61.5 Å². The largest absolute Gasteiger partial charge is 0.490 e. The SMILES string of the molecule is CCC(COc1ccccc1-c1ccccc1)OS(=O)Cl. The van der Waals surface area contributed by atoms with Crippen LogP contribution in [0.15, 0.2) is 54.6 Å². The van der Waals surface area contributed by atoms with Gasteiger partial charge in [-0.15, -0.1) is 0 Å². The summed E-state index contributed by atoms with van der Waals surface area (Å²) in [7, 11) is 3.55. The maximum atomic E-state index is 10.9. The minimum Gasteiger partial charge on any atom is -0.490 e. The van der Waals surface area contributed by atoms with Crippen molar-refractivity contribution in [2.75, 3.05) is 6.61 Å². The molecule has 0 spiro atoms. The molecule has 0 bridgehead atoms. The minimum atomic E-state index is -1.80. The molecule has 0 heterocycles. The number of para-hydroxylation sites is 1. The van der Waals surface area contributed by atoms with E-state index in [0.717, 1.165) is 16.9 Å². The molecular formula is C16H17ClO3S. The molecule has 2 aromatic rings. The first-order valence-corrected chi connectivity index (χ1v) is 8.63. The maximum Gasteiger partial charge on any atom is 0.256 e. The van der Waals surface area contributed by atoms with Gasteiger partial charge in [-0.1, -0.05) is 55.5 Å². The lowest BCUT2D eigenvalue weighted by molar-refractivity contribution is 0.142. The van der Waals surface area contributed by atoms with E-state index < -0.39 is 10.3 Å². The second-order valence-corrected chi connectivity index (χ2v) is 5.83. The predicted molar refractivity (Wildman–Crippen MR) is 86.5 cm³/mol. The second kappa shape index (κ2) is 8.17.